The van der Waals surface area contributed by atoms with Crippen molar-refractivity contribution in [3.05, 3.63) is 29.8 Å². The second-order valence-corrected chi connectivity index (χ2v) is 4.83. The third-order valence-electron chi connectivity index (χ3n) is 1.86. The highest BCUT2D eigenvalue weighted by Gasteiger charge is 2.12. The quantitative estimate of drug-likeness (QED) is 0.814. The lowest BCUT2D eigenvalue weighted by Crippen LogP contribution is -2.05. The Balaban J connectivity index is 2.94. The number of nitrogens with two attached hydrogens (primary N) is 1. The van der Waals surface area contributed by atoms with Gasteiger partial charge < -0.3 is 5.73 Å². The number of benzene rings is 1. The molecule has 0 spiro atoms. The third kappa shape index (κ3) is 2.52. The van der Waals surface area contributed by atoms with E-state index < -0.39 is 15.8 Å². The van der Waals surface area contributed by atoms with Crippen LogP contribution in [0.4, 0.5) is 4.39 Å². The number of rotatable bonds is 4. The maximum atomic E-state index is 12.1. The number of alkyl halides is 1. The largest absolute Gasteiger partial charge is 0.330 e. The summed E-state index contributed by atoms with van der Waals surface area (Å²) in [7, 11) is -3.73. The molecule has 0 fully saturated rings. The molecule has 0 saturated heterocycles. The number of hydrogen-bond donors (Lipinski definition) is 1. The topological polar surface area (TPSA) is 60.2 Å². The van der Waals surface area contributed by atoms with E-state index in [0.29, 0.717) is 13.0 Å². The predicted molar refractivity (Wildman–Crippen MR) is 52.4 cm³/mol. The summed E-state index contributed by atoms with van der Waals surface area (Å²) >= 11 is 0. The molecule has 0 atom stereocenters. The number of halogens is 1. The van der Waals surface area contributed by atoms with Gasteiger partial charge in [-0.05, 0) is 30.7 Å². The van der Waals surface area contributed by atoms with E-state index in [2.05, 4.69) is 0 Å². The summed E-state index contributed by atoms with van der Waals surface area (Å²) in [5.41, 5.74) is 6.28. The van der Waals surface area contributed by atoms with Crippen LogP contribution in [0.1, 0.15) is 5.56 Å². The Morgan fingerprint density at radius 2 is 1.79 bits per heavy atom. The molecule has 0 saturated carbocycles. The van der Waals surface area contributed by atoms with Crippen molar-refractivity contribution in [1.29, 1.82) is 0 Å². The molecule has 1 rings (SSSR count). The summed E-state index contributed by atoms with van der Waals surface area (Å²) in [6, 6.07) is 4.74. The monoisotopic (exact) mass is 217 g/mol. The fraction of sp³-hybridized carbons (Fsp3) is 0.333. The summed E-state index contributed by atoms with van der Waals surface area (Å²) in [6.45, 7) is 0.509. The lowest BCUT2D eigenvalue weighted by Gasteiger charge is -2.01. The first kappa shape index (κ1) is 11.1. The Kier molecular flexibility index (Phi) is 3.60. The molecule has 0 aliphatic heterocycles. The second kappa shape index (κ2) is 4.52. The molecule has 0 bridgehead atoms. The van der Waals surface area contributed by atoms with Crippen LogP contribution in [0.3, 0.4) is 0 Å². The van der Waals surface area contributed by atoms with Crippen molar-refractivity contribution < 1.29 is 12.8 Å². The maximum Gasteiger partial charge on any atom is 0.207 e. The van der Waals surface area contributed by atoms with Gasteiger partial charge in [0.1, 0.15) is 0 Å². The molecule has 0 aliphatic rings. The minimum absolute atomic E-state index is 0.0146. The van der Waals surface area contributed by atoms with E-state index in [9.17, 15) is 12.8 Å². The zero-order valence-corrected chi connectivity index (χ0v) is 8.43. The Labute approximate surface area is 82.7 Å². The van der Waals surface area contributed by atoms with Crippen LogP contribution >= 0.6 is 0 Å². The van der Waals surface area contributed by atoms with Gasteiger partial charge >= 0.3 is 0 Å². The van der Waals surface area contributed by atoms with Gasteiger partial charge in [-0.15, -0.1) is 0 Å². The normalized spacial score (nSPS) is 11.6. The van der Waals surface area contributed by atoms with Crippen molar-refractivity contribution in [1.82, 2.24) is 0 Å². The lowest BCUT2D eigenvalue weighted by atomic mass is 10.2. The molecule has 1 aromatic carbocycles. The molecule has 0 aliphatic carbocycles. The molecule has 78 valence electrons. The van der Waals surface area contributed by atoms with E-state index in [-0.39, 0.29) is 4.90 Å². The van der Waals surface area contributed by atoms with Crippen LogP contribution < -0.4 is 5.73 Å². The van der Waals surface area contributed by atoms with Crippen molar-refractivity contribution in [2.75, 3.05) is 12.6 Å². The maximum absolute atomic E-state index is 12.1. The van der Waals surface area contributed by atoms with E-state index >= 15 is 0 Å². The number of sulfone groups is 1. The molecule has 5 heteroatoms. The predicted octanol–water partition coefficient (Wildman–Crippen LogP) is 0.888. The van der Waals surface area contributed by atoms with Gasteiger partial charge in [-0.2, -0.15) is 0 Å². The van der Waals surface area contributed by atoms with Crippen molar-refractivity contribution >= 4 is 9.84 Å². The minimum atomic E-state index is -3.73. The molecular formula is C9H12FNO2S. The fourth-order valence-electron chi connectivity index (χ4n) is 1.09. The van der Waals surface area contributed by atoms with Crippen LogP contribution in [-0.2, 0) is 16.3 Å². The summed E-state index contributed by atoms with van der Waals surface area (Å²) < 4.78 is 34.2. The zero-order valence-electron chi connectivity index (χ0n) is 7.61. The Morgan fingerprint density at radius 1 is 1.21 bits per heavy atom. The molecule has 14 heavy (non-hydrogen) atoms. The van der Waals surface area contributed by atoms with Gasteiger partial charge in [0, 0.05) is 0 Å². The lowest BCUT2D eigenvalue weighted by molar-refractivity contribution is 0.534. The Morgan fingerprint density at radius 3 is 2.21 bits per heavy atom. The van der Waals surface area contributed by atoms with Gasteiger partial charge in [-0.1, -0.05) is 12.1 Å². The molecule has 0 heterocycles. The van der Waals surface area contributed by atoms with Crippen molar-refractivity contribution in [3.8, 4) is 0 Å². The summed E-state index contributed by atoms with van der Waals surface area (Å²) in [6.07, 6.45) is 0.690. The number of hydrogen-bond acceptors (Lipinski definition) is 3. The van der Waals surface area contributed by atoms with Crippen molar-refractivity contribution in [3.63, 3.8) is 0 Å². The molecule has 0 aromatic heterocycles. The average Bonchev–Trinajstić information content (AvgIpc) is 2.19. The SMILES string of the molecule is NCCc1ccc(S(=O)(=O)CF)cc1. The summed E-state index contributed by atoms with van der Waals surface area (Å²) in [4.78, 5) is 0.0146. The highest BCUT2D eigenvalue weighted by Crippen LogP contribution is 2.12. The highest BCUT2D eigenvalue weighted by atomic mass is 32.2. The zero-order chi connectivity index (χ0) is 10.6. The van der Waals surface area contributed by atoms with Crippen molar-refractivity contribution in [2.24, 2.45) is 5.73 Å². The van der Waals surface area contributed by atoms with Crippen LogP contribution in [0.5, 0.6) is 0 Å². The third-order valence-corrected chi connectivity index (χ3v) is 3.14. The highest BCUT2D eigenvalue weighted by molar-refractivity contribution is 7.91. The molecule has 2 N–H and O–H groups in total. The average molecular weight is 217 g/mol. The van der Waals surface area contributed by atoms with Crippen molar-refractivity contribution in [2.45, 2.75) is 11.3 Å². The Hall–Kier alpha value is -0.940. The van der Waals surface area contributed by atoms with Crippen LogP contribution in [-0.4, -0.2) is 21.0 Å². The first-order valence-corrected chi connectivity index (χ1v) is 5.83. The molecule has 0 amide bonds. The van der Waals surface area contributed by atoms with E-state index in [1.165, 1.54) is 12.1 Å². The first-order chi connectivity index (χ1) is 6.60. The summed E-state index contributed by atoms with van der Waals surface area (Å²) in [5.74, 6) is 0. The van der Waals surface area contributed by atoms with E-state index in [1.54, 1.807) is 12.1 Å². The molecule has 0 radical (unpaired) electrons. The van der Waals surface area contributed by atoms with Crippen LogP contribution in [0, 0.1) is 0 Å². The smallest absolute Gasteiger partial charge is 0.207 e. The molecule has 1 aromatic rings. The van der Waals surface area contributed by atoms with Gasteiger partial charge in [0.25, 0.3) is 0 Å². The molecule has 3 nitrogen and oxygen atoms in total. The fourth-order valence-corrected chi connectivity index (χ4v) is 1.77. The van der Waals surface area contributed by atoms with Gasteiger partial charge in [0.15, 0.2) is 6.01 Å². The van der Waals surface area contributed by atoms with Gasteiger partial charge in [0.05, 0.1) is 4.90 Å². The standard InChI is InChI=1S/C9H12FNO2S/c10-7-14(12,13)9-3-1-8(2-4-9)5-6-11/h1-4H,5-7,11H2. The second-order valence-electron chi connectivity index (χ2n) is 2.91. The van der Waals surface area contributed by atoms with E-state index in [0.717, 1.165) is 5.56 Å². The van der Waals surface area contributed by atoms with Gasteiger partial charge in [0.2, 0.25) is 9.84 Å². The van der Waals surface area contributed by atoms with E-state index in [4.69, 9.17) is 5.73 Å². The minimum Gasteiger partial charge on any atom is -0.330 e. The van der Waals surface area contributed by atoms with Gasteiger partial charge in [-0.3, -0.25) is 0 Å². The van der Waals surface area contributed by atoms with Crippen LogP contribution in [0.15, 0.2) is 29.2 Å². The summed E-state index contributed by atoms with van der Waals surface area (Å²) in [5, 5.41) is 0. The first-order valence-electron chi connectivity index (χ1n) is 4.18. The Bertz CT molecular complexity index is 386. The molecule has 0 unspecified atom stereocenters. The van der Waals surface area contributed by atoms with Crippen LogP contribution in [0.2, 0.25) is 0 Å². The van der Waals surface area contributed by atoms with Crippen LogP contribution in [0.25, 0.3) is 0 Å². The van der Waals surface area contributed by atoms with E-state index in [1.807, 2.05) is 0 Å². The molecular weight excluding hydrogens is 205 g/mol. The van der Waals surface area contributed by atoms with Gasteiger partial charge in [-0.25, -0.2) is 12.8 Å².